The minimum atomic E-state index is -0.316. The van der Waals surface area contributed by atoms with Crippen LogP contribution in [-0.2, 0) is 0 Å². The van der Waals surface area contributed by atoms with E-state index in [9.17, 15) is 4.39 Å². The molecule has 0 spiro atoms. The van der Waals surface area contributed by atoms with Gasteiger partial charge in [-0.15, -0.1) is 0 Å². The molecule has 1 aromatic heterocycles. The molecule has 0 amide bonds. The van der Waals surface area contributed by atoms with Crippen LogP contribution in [0, 0.1) is 5.82 Å². The van der Waals surface area contributed by atoms with Crippen molar-refractivity contribution in [3.8, 4) is 22.6 Å². The van der Waals surface area contributed by atoms with Gasteiger partial charge in [0, 0.05) is 11.7 Å². The first kappa shape index (κ1) is 17.2. The first-order chi connectivity index (χ1) is 13.1. The third-order valence-corrected chi connectivity index (χ3v) is 4.71. The average molecular weight is 361 g/mol. The molecule has 136 valence electrons. The number of imidazole rings is 1. The number of aromatic nitrogens is 2. The Morgan fingerprint density at radius 3 is 2.67 bits per heavy atom. The lowest BCUT2D eigenvalue weighted by Crippen LogP contribution is -2.04. The number of hydrogen-bond acceptors (Lipinski definition) is 3. The lowest BCUT2D eigenvalue weighted by atomic mass is 10.0. The van der Waals surface area contributed by atoms with Gasteiger partial charge in [-0.3, -0.25) is 4.57 Å². The predicted octanol–water partition coefficient (Wildman–Crippen LogP) is 4.86. The van der Waals surface area contributed by atoms with Gasteiger partial charge in [-0.05, 0) is 54.4 Å². The zero-order chi connectivity index (χ0) is 19.0. The van der Waals surface area contributed by atoms with E-state index in [1.807, 2.05) is 54.0 Å². The van der Waals surface area contributed by atoms with Gasteiger partial charge >= 0.3 is 0 Å². The fraction of sp³-hybridized carbons (Fsp3) is 0.136. The quantitative estimate of drug-likeness (QED) is 0.565. The highest BCUT2D eigenvalue weighted by Crippen LogP contribution is 2.34. The molecular weight excluding hydrogens is 341 g/mol. The molecule has 4 rings (SSSR count). The molecule has 0 unspecified atom stereocenters. The van der Waals surface area contributed by atoms with E-state index in [2.05, 4.69) is 4.98 Å². The van der Waals surface area contributed by atoms with E-state index in [0.29, 0.717) is 11.3 Å². The monoisotopic (exact) mass is 361 g/mol. The summed E-state index contributed by atoms with van der Waals surface area (Å²) < 4.78 is 21.8. The van der Waals surface area contributed by atoms with Gasteiger partial charge in [-0.2, -0.15) is 0 Å². The Hall–Kier alpha value is -3.18. The van der Waals surface area contributed by atoms with Gasteiger partial charge in [0.15, 0.2) is 0 Å². The molecule has 0 fully saturated rings. The van der Waals surface area contributed by atoms with Crippen LogP contribution in [0.15, 0.2) is 67.0 Å². The van der Waals surface area contributed by atoms with Crippen molar-refractivity contribution in [2.24, 2.45) is 5.73 Å². The van der Waals surface area contributed by atoms with Crippen LogP contribution < -0.4 is 10.5 Å². The summed E-state index contributed by atoms with van der Waals surface area (Å²) in [6.45, 7) is 1.95. The topological polar surface area (TPSA) is 53.1 Å². The number of hydrogen-bond donors (Lipinski definition) is 1. The first-order valence-corrected chi connectivity index (χ1v) is 8.74. The van der Waals surface area contributed by atoms with Crippen LogP contribution in [0.2, 0.25) is 0 Å². The van der Waals surface area contributed by atoms with Crippen molar-refractivity contribution in [1.29, 1.82) is 0 Å². The minimum absolute atomic E-state index is 0.0450. The molecule has 0 bridgehead atoms. The van der Waals surface area contributed by atoms with E-state index in [-0.39, 0.29) is 11.9 Å². The lowest BCUT2D eigenvalue weighted by molar-refractivity contribution is 0.413. The highest BCUT2D eigenvalue weighted by Gasteiger charge is 2.13. The molecule has 0 aliphatic rings. The molecule has 3 aromatic carbocycles. The Morgan fingerprint density at radius 2 is 1.89 bits per heavy atom. The molecule has 0 radical (unpaired) electrons. The minimum Gasteiger partial charge on any atom is -0.496 e. The Morgan fingerprint density at radius 1 is 1.07 bits per heavy atom. The van der Waals surface area contributed by atoms with Gasteiger partial charge < -0.3 is 10.5 Å². The molecule has 1 heterocycles. The van der Waals surface area contributed by atoms with Crippen molar-refractivity contribution < 1.29 is 9.13 Å². The SMILES string of the molecule is COc1cccc(F)c1-c1cccc(-n2cnc3cc([C@H](C)N)ccc32)c1. The number of nitrogens with two attached hydrogens (primary N) is 1. The zero-order valence-corrected chi connectivity index (χ0v) is 15.2. The number of halogens is 1. The molecule has 4 aromatic rings. The van der Waals surface area contributed by atoms with Crippen LogP contribution in [0.5, 0.6) is 5.75 Å². The zero-order valence-electron chi connectivity index (χ0n) is 15.2. The van der Waals surface area contributed by atoms with Crippen molar-refractivity contribution in [2.75, 3.05) is 7.11 Å². The number of methoxy groups -OCH3 is 1. The summed E-state index contributed by atoms with van der Waals surface area (Å²) in [6.07, 6.45) is 1.77. The van der Waals surface area contributed by atoms with Crippen LogP contribution >= 0.6 is 0 Å². The largest absolute Gasteiger partial charge is 0.496 e. The van der Waals surface area contributed by atoms with E-state index in [4.69, 9.17) is 10.5 Å². The summed E-state index contributed by atoms with van der Waals surface area (Å²) >= 11 is 0. The first-order valence-electron chi connectivity index (χ1n) is 8.74. The van der Waals surface area contributed by atoms with Crippen LogP contribution in [0.3, 0.4) is 0 Å². The molecule has 5 heteroatoms. The molecular formula is C22H20FN3O. The smallest absolute Gasteiger partial charge is 0.134 e. The summed E-state index contributed by atoms with van der Waals surface area (Å²) in [5.74, 6) is 0.188. The second kappa shape index (κ2) is 6.85. The fourth-order valence-electron chi connectivity index (χ4n) is 3.28. The summed E-state index contributed by atoms with van der Waals surface area (Å²) in [5.41, 5.74) is 10.9. The van der Waals surface area contributed by atoms with Crippen molar-refractivity contribution in [3.05, 3.63) is 78.4 Å². The number of rotatable bonds is 4. The Kier molecular flexibility index (Phi) is 4.38. The standard InChI is InChI=1S/C22H20FN3O/c1-14(24)15-9-10-20-19(12-15)25-13-26(20)17-6-3-5-16(11-17)22-18(23)7-4-8-21(22)27-2/h3-14H,24H2,1-2H3/t14-/m0/s1. The van der Waals surface area contributed by atoms with Crippen molar-refractivity contribution >= 4 is 11.0 Å². The normalized spacial score (nSPS) is 12.3. The Labute approximate surface area is 157 Å². The summed E-state index contributed by atoms with van der Waals surface area (Å²) in [6, 6.07) is 18.5. The maximum Gasteiger partial charge on any atom is 0.134 e. The molecule has 0 saturated carbocycles. The van der Waals surface area contributed by atoms with Gasteiger partial charge in [-0.25, -0.2) is 9.37 Å². The second-order valence-corrected chi connectivity index (χ2v) is 6.52. The van der Waals surface area contributed by atoms with Crippen LogP contribution in [0.25, 0.3) is 27.8 Å². The highest BCUT2D eigenvalue weighted by atomic mass is 19.1. The second-order valence-electron chi connectivity index (χ2n) is 6.52. The van der Waals surface area contributed by atoms with E-state index in [1.165, 1.54) is 6.07 Å². The Bertz CT molecular complexity index is 1120. The van der Waals surface area contributed by atoms with Crippen molar-refractivity contribution in [1.82, 2.24) is 9.55 Å². The molecule has 2 N–H and O–H groups in total. The highest BCUT2D eigenvalue weighted by molar-refractivity contribution is 5.79. The van der Waals surface area contributed by atoms with Crippen LogP contribution in [-0.4, -0.2) is 16.7 Å². The number of ether oxygens (including phenoxy) is 1. The predicted molar refractivity (Wildman–Crippen MR) is 106 cm³/mol. The summed E-state index contributed by atoms with van der Waals surface area (Å²) in [4.78, 5) is 4.50. The molecule has 0 aliphatic carbocycles. The number of benzene rings is 3. The molecule has 1 atom stereocenters. The molecule has 27 heavy (non-hydrogen) atoms. The fourth-order valence-corrected chi connectivity index (χ4v) is 3.28. The van der Waals surface area contributed by atoms with Gasteiger partial charge in [0.25, 0.3) is 0 Å². The Balaban J connectivity index is 1.84. The third-order valence-electron chi connectivity index (χ3n) is 4.71. The molecule has 0 aliphatic heterocycles. The molecule has 4 nitrogen and oxygen atoms in total. The van der Waals surface area contributed by atoms with E-state index in [1.54, 1.807) is 25.6 Å². The van der Waals surface area contributed by atoms with Crippen molar-refractivity contribution in [2.45, 2.75) is 13.0 Å². The summed E-state index contributed by atoms with van der Waals surface area (Å²) in [7, 11) is 1.54. The van der Waals surface area contributed by atoms with E-state index >= 15 is 0 Å². The number of nitrogens with zero attached hydrogens (tertiary/aromatic N) is 2. The van der Waals surface area contributed by atoms with Gasteiger partial charge in [-0.1, -0.05) is 24.3 Å². The van der Waals surface area contributed by atoms with Crippen molar-refractivity contribution in [3.63, 3.8) is 0 Å². The van der Waals surface area contributed by atoms with Gasteiger partial charge in [0.2, 0.25) is 0 Å². The maximum absolute atomic E-state index is 14.5. The summed E-state index contributed by atoms with van der Waals surface area (Å²) in [5, 5.41) is 0. The van der Waals surface area contributed by atoms with E-state index in [0.717, 1.165) is 27.8 Å². The molecule has 0 saturated heterocycles. The third kappa shape index (κ3) is 3.06. The number of fused-ring (bicyclic) bond motifs is 1. The van der Waals surface area contributed by atoms with Crippen LogP contribution in [0.4, 0.5) is 4.39 Å². The van der Waals surface area contributed by atoms with Gasteiger partial charge in [0.1, 0.15) is 17.9 Å². The van der Waals surface area contributed by atoms with E-state index < -0.39 is 0 Å². The lowest BCUT2D eigenvalue weighted by Gasteiger charge is -2.12. The average Bonchev–Trinajstić information content (AvgIpc) is 3.11. The van der Waals surface area contributed by atoms with Gasteiger partial charge in [0.05, 0.1) is 23.7 Å². The van der Waals surface area contributed by atoms with Crippen LogP contribution in [0.1, 0.15) is 18.5 Å². The maximum atomic E-state index is 14.5.